The van der Waals surface area contributed by atoms with Crippen molar-refractivity contribution in [1.29, 1.82) is 0 Å². The molecular weight excluding hydrogens is 947 g/mol. The van der Waals surface area contributed by atoms with E-state index in [0.717, 1.165) is 29.8 Å². The second-order valence-electron chi connectivity index (χ2n) is 13.7. The Kier molecular flexibility index (Phi) is 14.5. The van der Waals surface area contributed by atoms with Gasteiger partial charge in [-0.1, -0.05) is 92.2 Å². The normalized spacial score (nSPS) is 13.9. The van der Waals surface area contributed by atoms with Crippen molar-refractivity contribution in [2.45, 2.75) is 63.8 Å². The summed E-state index contributed by atoms with van der Waals surface area (Å²) in [5, 5.41) is 16.1. The van der Waals surface area contributed by atoms with Gasteiger partial charge in [0.1, 0.15) is 28.5 Å². The van der Waals surface area contributed by atoms with Gasteiger partial charge in [-0.25, -0.2) is 18.1 Å². The Bertz CT molecular complexity index is 2550. The average molecular weight is 976 g/mol. The molecule has 0 radical (unpaired) electrons. The third kappa shape index (κ3) is 10.4. The minimum atomic E-state index is -5.14. The summed E-state index contributed by atoms with van der Waals surface area (Å²) in [6.07, 6.45) is -6.53. The van der Waals surface area contributed by atoms with Crippen molar-refractivity contribution in [1.82, 2.24) is 30.0 Å². The van der Waals surface area contributed by atoms with Gasteiger partial charge in [-0.2, -0.15) is 26.3 Å². The van der Waals surface area contributed by atoms with Crippen molar-refractivity contribution in [2.75, 3.05) is 0 Å². The zero-order valence-corrected chi connectivity index (χ0v) is 36.0. The molecule has 6 aromatic rings. The first kappa shape index (κ1) is 48.0. The largest absolute Gasteiger partial charge is 0.426 e. The topological polar surface area (TPSA) is 105 Å². The summed E-state index contributed by atoms with van der Waals surface area (Å²) in [6.45, 7) is 2.51. The average Bonchev–Trinajstić information content (AvgIpc) is 3.84. The first-order valence-corrected chi connectivity index (χ1v) is 19.7. The molecule has 61 heavy (non-hydrogen) atoms. The highest BCUT2D eigenvalue weighted by atomic mass is 35.5. The van der Waals surface area contributed by atoms with Crippen LogP contribution in [0.4, 0.5) is 35.1 Å². The Balaban J connectivity index is 0.000000232. The van der Waals surface area contributed by atoms with Crippen LogP contribution < -0.4 is 5.73 Å². The standard InChI is InChI=1S/C21H16Cl3F4N3O.C18H13Cl3F4N4/c1-11(32)3-4-12-7-13(5-6-15(12)22)18-10-31(30-29-18)19-16(23)8-14(9-17(19)24)20(2,25)21(26,27)28;1-17(22,18(23,24)25)11-5-13(20)16(14(21)6-11)29-8-15(27-28-29)9-2-3-12(19)10(4-9)7-26/h5-10H,3-4H2,1-2H3;2-6,8H,7,26H2,1H3. The third-order valence-electron chi connectivity index (χ3n) is 9.28. The number of rotatable bonds is 10. The summed E-state index contributed by atoms with van der Waals surface area (Å²) >= 11 is 36.7. The molecular formula is C39H29Cl6F8N7O. The van der Waals surface area contributed by atoms with Crippen molar-refractivity contribution >= 4 is 75.4 Å². The predicted octanol–water partition coefficient (Wildman–Crippen LogP) is 13.3. The molecule has 0 saturated carbocycles. The van der Waals surface area contributed by atoms with Crippen molar-refractivity contribution < 1.29 is 39.9 Å². The van der Waals surface area contributed by atoms with E-state index in [1.165, 1.54) is 28.7 Å². The molecule has 2 atom stereocenters. The van der Waals surface area contributed by atoms with Crippen molar-refractivity contribution in [3.05, 3.63) is 125 Å². The van der Waals surface area contributed by atoms with Gasteiger partial charge in [0.25, 0.3) is 0 Å². The molecule has 0 aliphatic carbocycles. The fraction of sp³-hybridized carbons (Fsp3) is 0.256. The fourth-order valence-electron chi connectivity index (χ4n) is 5.58. The summed E-state index contributed by atoms with van der Waals surface area (Å²) in [4.78, 5) is 11.3. The lowest BCUT2D eigenvalue weighted by Gasteiger charge is -2.25. The van der Waals surface area contributed by atoms with Gasteiger partial charge in [0.05, 0.1) is 32.5 Å². The lowest BCUT2D eigenvalue weighted by molar-refractivity contribution is -0.229. The number of aromatic nitrogens is 6. The number of ketones is 1. The maximum absolute atomic E-state index is 14.3. The number of carbonyl (C=O) groups is 1. The van der Waals surface area contributed by atoms with Crippen LogP contribution in [0.3, 0.4) is 0 Å². The van der Waals surface area contributed by atoms with Gasteiger partial charge < -0.3 is 10.5 Å². The number of aryl methyl sites for hydroxylation is 1. The lowest BCUT2D eigenvalue weighted by atomic mass is 9.97. The molecule has 22 heteroatoms. The quantitative estimate of drug-likeness (QED) is 0.137. The molecule has 0 aliphatic heterocycles. The molecule has 0 aliphatic rings. The summed E-state index contributed by atoms with van der Waals surface area (Å²) < 4.78 is 109. The monoisotopic (exact) mass is 973 g/mol. The molecule has 0 saturated heterocycles. The number of benzene rings is 4. The second kappa shape index (κ2) is 18.4. The van der Waals surface area contributed by atoms with Crippen LogP contribution in [0.25, 0.3) is 33.9 Å². The van der Waals surface area contributed by atoms with Gasteiger partial charge in [0.2, 0.25) is 11.3 Å². The molecule has 6 rings (SSSR count). The fourth-order valence-corrected chi connectivity index (χ4v) is 7.30. The van der Waals surface area contributed by atoms with Crippen LogP contribution in [-0.4, -0.2) is 48.1 Å². The summed E-state index contributed by atoms with van der Waals surface area (Å²) in [6, 6.07) is 13.7. The van der Waals surface area contributed by atoms with Crippen molar-refractivity contribution in [3.63, 3.8) is 0 Å². The predicted molar refractivity (Wildman–Crippen MR) is 220 cm³/mol. The maximum atomic E-state index is 14.3. The highest BCUT2D eigenvalue weighted by Crippen LogP contribution is 2.46. The van der Waals surface area contributed by atoms with E-state index < -0.39 is 34.8 Å². The molecule has 2 unspecified atom stereocenters. The van der Waals surface area contributed by atoms with Crippen LogP contribution in [0.2, 0.25) is 30.1 Å². The molecule has 324 valence electrons. The molecule has 0 bridgehead atoms. The highest BCUT2D eigenvalue weighted by Gasteiger charge is 2.54. The Labute approximate surface area is 372 Å². The highest BCUT2D eigenvalue weighted by molar-refractivity contribution is 6.38. The summed E-state index contributed by atoms with van der Waals surface area (Å²) in [5.74, 6) is 0.0278. The number of alkyl halides is 8. The van der Waals surface area contributed by atoms with Gasteiger partial charge in [-0.05, 0) is 86.8 Å². The third-order valence-corrected chi connectivity index (χ3v) is 11.2. The van der Waals surface area contributed by atoms with E-state index in [4.69, 9.17) is 75.3 Å². The van der Waals surface area contributed by atoms with Crippen molar-refractivity contribution in [2.24, 2.45) is 5.73 Å². The SMILES string of the molecule is CC(=O)CCc1cc(-c2cn(-c3c(Cl)cc(C(C)(F)C(F)(F)F)cc3Cl)nn2)ccc1Cl.CC(F)(c1cc(Cl)c(-n2cc(-c3ccc(Cl)c(CN)c3)nn2)c(Cl)c1)C(F)(F)F. The molecule has 0 spiro atoms. The van der Waals surface area contributed by atoms with E-state index in [0.29, 0.717) is 64.8 Å². The Hall–Kier alpha value is -4.03. The molecule has 0 amide bonds. The van der Waals surface area contributed by atoms with Crippen LogP contribution >= 0.6 is 69.6 Å². The number of nitrogens with zero attached hydrogens (tertiary/aromatic N) is 6. The van der Waals surface area contributed by atoms with Gasteiger partial charge >= 0.3 is 12.4 Å². The molecule has 2 heterocycles. The van der Waals surface area contributed by atoms with E-state index in [2.05, 4.69) is 20.6 Å². The number of halogens is 14. The van der Waals surface area contributed by atoms with Crippen LogP contribution in [0.5, 0.6) is 0 Å². The van der Waals surface area contributed by atoms with E-state index >= 15 is 0 Å². The molecule has 2 aromatic heterocycles. The Morgan fingerprint density at radius 1 is 0.590 bits per heavy atom. The minimum Gasteiger partial charge on any atom is -0.326 e. The van der Waals surface area contributed by atoms with Gasteiger partial charge in [-0.15, -0.1) is 10.2 Å². The summed E-state index contributed by atoms with van der Waals surface area (Å²) in [7, 11) is 0. The van der Waals surface area contributed by atoms with Gasteiger partial charge in [0, 0.05) is 45.3 Å². The van der Waals surface area contributed by atoms with E-state index in [1.807, 2.05) is 0 Å². The van der Waals surface area contributed by atoms with E-state index in [-0.39, 0.29) is 43.8 Å². The van der Waals surface area contributed by atoms with Crippen molar-refractivity contribution in [3.8, 4) is 33.9 Å². The smallest absolute Gasteiger partial charge is 0.326 e. The van der Waals surface area contributed by atoms with Crippen LogP contribution in [0, 0.1) is 0 Å². The Morgan fingerprint density at radius 3 is 1.30 bits per heavy atom. The van der Waals surface area contributed by atoms with Crippen LogP contribution in [0.1, 0.15) is 49.4 Å². The Morgan fingerprint density at radius 2 is 0.951 bits per heavy atom. The number of hydrogen-bond donors (Lipinski definition) is 1. The van der Waals surface area contributed by atoms with Gasteiger partial charge in [0.15, 0.2) is 0 Å². The second-order valence-corrected chi connectivity index (χ2v) is 16.1. The minimum absolute atomic E-state index is 0.0278. The van der Waals surface area contributed by atoms with Gasteiger partial charge in [-0.3, -0.25) is 0 Å². The molecule has 2 N–H and O–H groups in total. The zero-order valence-electron chi connectivity index (χ0n) is 31.5. The number of nitrogens with two attached hydrogens (primary N) is 1. The lowest BCUT2D eigenvalue weighted by Crippen LogP contribution is -2.35. The number of Topliss-reactive ketones (excluding diaryl/α,β-unsaturated/α-hetero) is 1. The first-order chi connectivity index (χ1) is 28.3. The maximum Gasteiger partial charge on any atom is 0.426 e. The summed E-state index contributed by atoms with van der Waals surface area (Å²) in [5.41, 5.74) is 0.689. The van der Waals surface area contributed by atoms with Crippen LogP contribution in [0.15, 0.2) is 73.1 Å². The van der Waals surface area contributed by atoms with E-state index in [9.17, 15) is 39.9 Å². The molecule has 4 aromatic carbocycles. The number of hydrogen-bond acceptors (Lipinski definition) is 6. The molecule has 8 nitrogen and oxygen atoms in total. The zero-order chi connectivity index (χ0) is 45.4. The van der Waals surface area contributed by atoms with Crippen LogP contribution in [-0.2, 0) is 29.1 Å². The number of carbonyl (C=O) groups excluding carboxylic acids is 1. The molecule has 0 fully saturated rings. The van der Waals surface area contributed by atoms with E-state index in [1.54, 1.807) is 36.4 Å². The first-order valence-electron chi connectivity index (χ1n) is 17.4.